The number of carbonyl (C=O) groups excluding carboxylic acids is 2. The Morgan fingerprint density at radius 2 is 1.80 bits per heavy atom. The van der Waals surface area contributed by atoms with E-state index < -0.39 is 0 Å². The summed E-state index contributed by atoms with van der Waals surface area (Å²) >= 11 is 0. The Labute approximate surface area is 177 Å². The van der Waals surface area contributed by atoms with E-state index in [9.17, 15) is 9.59 Å². The van der Waals surface area contributed by atoms with Crippen LogP contribution in [-0.4, -0.2) is 35.4 Å². The number of furan rings is 1. The van der Waals surface area contributed by atoms with Crippen molar-refractivity contribution in [2.24, 2.45) is 5.92 Å². The number of ether oxygens (including phenoxy) is 1. The molecule has 0 unspecified atom stereocenters. The number of hydrogen-bond acceptors (Lipinski definition) is 4. The van der Waals surface area contributed by atoms with Crippen LogP contribution < -0.4 is 10.1 Å². The largest absolute Gasteiger partial charge is 0.484 e. The third-order valence-corrected chi connectivity index (χ3v) is 6.21. The topological polar surface area (TPSA) is 71.8 Å². The van der Waals surface area contributed by atoms with Gasteiger partial charge in [-0.1, -0.05) is 19.4 Å². The molecule has 4 rings (SSSR count). The van der Waals surface area contributed by atoms with Crippen LogP contribution in [-0.2, 0) is 4.79 Å². The van der Waals surface area contributed by atoms with Gasteiger partial charge < -0.3 is 19.4 Å². The molecular weight excluding hydrogens is 380 g/mol. The number of nitrogens with zero attached hydrogens (tertiary/aromatic N) is 1. The first-order chi connectivity index (χ1) is 14.6. The van der Waals surface area contributed by atoms with E-state index in [2.05, 4.69) is 17.1 Å². The molecule has 0 aliphatic heterocycles. The molecule has 1 heterocycles. The minimum Gasteiger partial charge on any atom is -0.484 e. The normalized spacial score (nSPS) is 21.1. The Morgan fingerprint density at radius 3 is 2.43 bits per heavy atom. The van der Waals surface area contributed by atoms with E-state index in [0.29, 0.717) is 23.5 Å². The van der Waals surface area contributed by atoms with Crippen molar-refractivity contribution in [3.8, 4) is 5.75 Å². The molecule has 2 amide bonds. The number of carbonyl (C=O) groups is 2. The Kier molecular flexibility index (Phi) is 6.41. The Hall–Kier alpha value is -2.76. The highest BCUT2D eigenvalue weighted by atomic mass is 16.5. The highest BCUT2D eigenvalue weighted by molar-refractivity contribution is 6.02. The quantitative estimate of drug-likeness (QED) is 0.674. The van der Waals surface area contributed by atoms with Crippen molar-refractivity contribution in [2.75, 3.05) is 11.9 Å². The molecule has 0 radical (unpaired) electrons. The molecule has 2 saturated carbocycles. The van der Waals surface area contributed by atoms with Crippen molar-refractivity contribution in [1.29, 1.82) is 0 Å². The van der Waals surface area contributed by atoms with Gasteiger partial charge in [0.1, 0.15) is 5.75 Å². The van der Waals surface area contributed by atoms with E-state index >= 15 is 0 Å². The van der Waals surface area contributed by atoms with Crippen molar-refractivity contribution in [3.05, 3.63) is 48.4 Å². The molecule has 0 atom stereocenters. The zero-order chi connectivity index (χ0) is 20.9. The average molecular weight is 411 g/mol. The number of anilines is 1. The van der Waals surface area contributed by atoms with Gasteiger partial charge in [0.25, 0.3) is 11.8 Å². The lowest BCUT2D eigenvalue weighted by Gasteiger charge is -2.37. The van der Waals surface area contributed by atoms with Gasteiger partial charge in [0.05, 0.1) is 6.26 Å². The van der Waals surface area contributed by atoms with Crippen LogP contribution in [0, 0.1) is 5.92 Å². The first kappa shape index (κ1) is 20.5. The molecule has 160 valence electrons. The summed E-state index contributed by atoms with van der Waals surface area (Å²) in [4.78, 5) is 27.2. The second kappa shape index (κ2) is 9.37. The standard InChI is InChI=1S/C24H30N2O4/c1-2-17-8-10-19(11-9-17)26(20-12-13-20)23(27)16-30-21-6-3-5-18(15-21)25-24(28)22-7-4-14-29-22/h3-7,14-15,17,19-20H,2,8-13,16H2,1H3,(H,25,28). The van der Waals surface area contributed by atoms with E-state index in [1.165, 1.54) is 25.5 Å². The van der Waals surface area contributed by atoms with Crippen LogP contribution in [0.5, 0.6) is 5.75 Å². The smallest absolute Gasteiger partial charge is 0.291 e. The minimum absolute atomic E-state index is 0.0276. The zero-order valence-corrected chi connectivity index (χ0v) is 17.5. The lowest BCUT2D eigenvalue weighted by molar-refractivity contribution is -0.137. The summed E-state index contributed by atoms with van der Waals surface area (Å²) in [5.74, 6) is 1.37. The molecule has 30 heavy (non-hydrogen) atoms. The number of benzene rings is 1. The third-order valence-electron chi connectivity index (χ3n) is 6.21. The van der Waals surface area contributed by atoms with E-state index in [1.807, 2.05) is 0 Å². The molecule has 1 N–H and O–H groups in total. The lowest BCUT2D eigenvalue weighted by atomic mass is 9.84. The van der Waals surface area contributed by atoms with Gasteiger partial charge >= 0.3 is 0 Å². The highest BCUT2D eigenvalue weighted by Crippen LogP contribution is 2.36. The summed E-state index contributed by atoms with van der Waals surface area (Å²) in [5, 5.41) is 2.78. The maximum Gasteiger partial charge on any atom is 0.291 e. The SMILES string of the molecule is CCC1CCC(N(C(=O)COc2cccc(NC(=O)c3ccco3)c2)C2CC2)CC1. The van der Waals surface area contributed by atoms with Crippen molar-refractivity contribution in [3.63, 3.8) is 0 Å². The summed E-state index contributed by atoms with van der Waals surface area (Å²) in [6.07, 6.45) is 9.55. The van der Waals surface area contributed by atoms with Gasteiger partial charge in [-0.15, -0.1) is 0 Å². The van der Waals surface area contributed by atoms with Crippen LogP contribution in [0.25, 0.3) is 0 Å². The van der Waals surface area contributed by atoms with Crippen LogP contribution in [0.1, 0.15) is 62.4 Å². The van der Waals surface area contributed by atoms with Crippen LogP contribution in [0.15, 0.2) is 47.1 Å². The summed E-state index contributed by atoms with van der Waals surface area (Å²) in [5.41, 5.74) is 0.596. The van der Waals surface area contributed by atoms with Gasteiger partial charge in [-0.2, -0.15) is 0 Å². The van der Waals surface area contributed by atoms with Crippen LogP contribution in [0.2, 0.25) is 0 Å². The first-order valence-electron chi connectivity index (χ1n) is 11.0. The van der Waals surface area contributed by atoms with Gasteiger partial charge in [-0.3, -0.25) is 9.59 Å². The molecular formula is C24H30N2O4. The van der Waals surface area contributed by atoms with Crippen LogP contribution in [0.3, 0.4) is 0 Å². The molecule has 0 bridgehead atoms. The average Bonchev–Trinajstić information content (AvgIpc) is 3.43. The predicted octanol–water partition coefficient (Wildman–Crippen LogP) is 4.87. The van der Waals surface area contributed by atoms with Gasteiger partial charge in [0.15, 0.2) is 12.4 Å². The van der Waals surface area contributed by atoms with Crippen molar-refractivity contribution < 1.29 is 18.7 Å². The molecule has 0 saturated heterocycles. The summed E-state index contributed by atoms with van der Waals surface area (Å²) in [7, 11) is 0. The Balaban J connectivity index is 1.33. The molecule has 0 spiro atoms. The monoisotopic (exact) mass is 410 g/mol. The second-order valence-corrected chi connectivity index (χ2v) is 8.36. The summed E-state index contributed by atoms with van der Waals surface area (Å²) < 4.78 is 10.9. The van der Waals surface area contributed by atoms with Crippen LogP contribution >= 0.6 is 0 Å². The Morgan fingerprint density at radius 1 is 1.07 bits per heavy atom. The molecule has 2 aliphatic rings. The maximum atomic E-state index is 13.0. The molecule has 6 nitrogen and oxygen atoms in total. The third kappa shape index (κ3) is 5.04. The first-order valence-corrected chi connectivity index (χ1v) is 11.0. The molecule has 1 aromatic heterocycles. The zero-order valence-electron chi connectivity index (χ0n) is 17.5. The van der Waals surface area contributed by atoms with E-state index in [-0.39, 0.29) is 24.2 Å². The fraction of sp³-hybridized carbons (Fsp3) is 0.500. The second-order valence-electron chi connectivity index (χ2n) is 8.36. The Bertz CT molecular complexity index is 852. The molecule has 1 aromatic carbocycles. The predicted molar refractivity (Wildman–Crippen MR) is 115 cm³/mol. The fourth-order valence-electron chi connectivity index (χ4n) is 4.37. The van der Waals surface area contributed by atoms with Crippen molar-refractivity contribution in [1.82, 2.24) is 4.90 Å². The van der Waals surface area contributed by atoms with Crippen molar-refractivity contribution >= 4 is 17.5 Å². The number of nitrogens with one attached hydrogen (secondary N) is 1. The van der Waals surface area contributed by atoms with Crippen LogP contribution in [0.4, 0.5) is 5.69 Å². The van der Waals surface area contributed by atoms with Gasteiger partial charge in [0, 0.05) is 23.8 Å². The maximum absolute atomic E-state index is 13.0. The van der Waals surface area contributed by atoms with Gasteiger partial charge in [-0.25, -0.2) is 0 Å². The van der Waals surface area contributed by atoms with Gasteiger partial charge in [-0.05, 0) is 68.7 Å². The van der Waals surface area contributed by atoms with E-state index in [0.717, 1.165) is 31.6 Å². The van der Waals surface area contributed by atoms with E-state index in [4.69, 9.17) is 9.15 Å². The number of hydrogen-bond donors (Lipinski definition) is 1. The highest BCUT2D eigenvalue weighted by Gasteiger charge is 2.38. The fourth-order valence-corrected chi connectivity index (χ4v) is 4.37. The number of rotatable bonds is 8. The molecule has 6 heteroatoms. The number of amides is 2. The van der Waals surface area contributed by atoms with Crippen molar-refractivity contribution in [2.45, 2.75) is 64.0 Å². The molecule has 2 aromatic rings. The summed E-state index contributed by atoms with van der Waals surface area (Å²) in [6.45, 7) is 2.29. The molecule has 2 fully saturated rings. The van der Waals surface area contributed by atoms with Gasteiger partial charge in [0.2, 0.25) is 0 Å². The molecule has 2 aliphatic carbocycles. The lowest BCUT2D eigenvalue weighted by Crippen LogP contribution is -2.45. The van der Waals surface area contributed by atoms with E-state index in [1.54, 1.807) is 36.4 Å². The minimum atomic E-state index is -0.323. The summed E-state index contributed by atoms with van der Waals surface area (Å²) in [6, 6.07) is 11.1.